The molecule has 5 aromatic heterocycles. The highest BCUT2D eigenvalue weighted by atomic mass is 79.9. The van der Waals surface area contributed by atoms with Gasteiger partial charge in [-0.05, 0) is 117 Å². The van der Waals surface area contributed by atoms with Crippen LogP contribution in [0.3, 0.4) is 0 Å². The highest BCUT2D eigenvalue weighted by Gasteiger charge is 2.28. The second-order valence-corrected chi connectivity index (χ2v) is 20.4. The highest BCUT2D eigenvalue weighted by molar-refractivity contribution is 9.10. The van der Waals surface area contributed by atoms with Crippen LogP contribution in [-0.2, 0) is 14.2 Å². The molecule has 0 saturated carbocycles. The van der Waals surface area contributed by atoms with Crippen molar-refractivity contribution in [1.82, 2.24) is 44.0 Å². The minimum atomic E-state index is -0.498. The van der Waals surface area contributed by atoms with Crippen LogP contribution in [0.25, 0.3) is 55.6 Å². The molecule has 7 heterocycles. The third kappa shape index (κ3) is 11.1. The number of pyridine rings is 1. The Labute approximate surface area is 426 Å². The molecule has 17 nitrogen and oxygen atoms in total. The average molecular weight is 1040 g/mol. The van der Waals surface area contributed by atoms with Gasteiger partial charge in [0.15, 0.2) is 11.3 Å². The zero-order chi connectivity index (χ0) is 50.7. The van der Waals surface area contributed by atoms with E-state index in [0.29, 0.717) is 49.5 Å². The second kappa shape index (κ2) is 20.6. The number of fused-ring (bicyclic) bond motifs is 3. The molecule has 2 aliphatic heterocycles. The molecule has 0 atom stereocenters. The molecule has 2 amide bonds. The van der Waals surface area contributed by atoms with Gasteiger partial charge in [-0.1, -0.05) is 36.4 Å². The number of carbonyl (C=O) groups is 3. The lowest BCUT2D eigenvalue weighted by Gasteiger charge is -2.36. The summed E-state index contributed by atoms with van der Waals surface area (Å²) in [5.74, 6) is -0.394. The van der Waals surface area contributed by atoms with Gasteiger partial charge in [0.1, 0.15) is 11.2 Å². The molecular weight excluding hydrogens is 979 g/mol. The highest BCUT2D eigenvalue weighted by Crippen LogP contribution is 2.33. The van der Waals surface area contributed by atoms with Crippen molar-refractivity contribution in [2.24, 2.45) is 0 Å². The SMILES string of the molecule is CC(C)(C)OC(=O)N1CCN(c2ccc(-c3cnc4c(Br)cnn4c3)cc2)CC1.CCOC(=O)c1cccc2c(-c3cnn4cc(-c5ccc(N6CCN(C(=O)OC(C)(C)C)CC6)cc5)cnc34)ccnc12. The van der Waals surface area contributed by atoms with Crippen molar-refractivity contribution in [2.45, 2.75) is 59.7 Å². The topological polar surface area (TPSA) is 165 Å². The maximum Gasteiger partial charge on any atom is 0.410 e. The summed E-state index contributed by atoms with van der Waals surface area (Å²) in [5.41, 5.74) is 9.61. The van der Waals surface area contributed by atoms with E-state index in [9.17, 15) is 14.4 Å². The molecule has 0 aliphatic carbocycles. The molecule has 2 aliphatic rings. The number of hydrogen-bond donors (Lipinski definition) is 0. The fourth-order valence-electron chi connectivity index (χ4n) is 8.67. The molecule has 2 fully saturated rings. The number of rotatable bonds is 7. The Morgan fingerprint density at radius 2 is 1.07 bits per heavy atom. The summed E-state index contributed by atoms with van der Waals surface area (Å²) < 4.78 is 20.6. The predicted octanol–water partition coefficient (Wildman–Crippen LogP) is 10.1. The number of amides is 2. The fraction of sp³-hybridized carbons (Fsp3) is 0.333. The van der Waals surface area contributed by atoms with E-state index in [0.717, 1.165) is 86.4 Å². The average Bonchev–Trinajstić information content (AvgIpc) is 3.97. The van der Waals surface area contributed by atoms with Gasteiger partial charge in [0.05, 0.1) is 34.6 Å². The van der Waals surface area contributed by atoms with E-state index in [1.165, 1.54) is 0 Å². The van der Waals surface area contributed by atoms with Crippen LogP contribution >= 0.6 is 15.9 Å². The Bertz CT molecular complexity index is 3240. The van der Waals surface area contributed by atoms with Gasteiger partial charge in [-0.3, -0.25) is 4.98 Å². The second-order valence-electron chi connectivity index (χ2n) is 19.6. The number of ether oxygens (including phenoxy) is 3. The third-order valence-corrected chi connectivity index (χ3v) is 12.8. The molecule has 72 heavy (non-hydrogen) atoms. The number of hydrogen-bond acceptors (Lipinski definition) is 13. The number of halogens is 1. The molecule has 2 saturated heterocycles. The maximum absolute atomic E-state index is 12.5. The monoisotopic (exact) mass is 1040 g/mol. The standard InChI is InChI=1S/C33H34N6O4.C21H24BrN5O2/c1-5-42-31(40)27-8-6-7-26-25(13-14-34-29(26)27)28-20-36-39-21-23(19-35-30(28)39)22-9-11-24(12-10-22)37-15-17-38(18-16-37)32(41)43-33(2,3)4;1-21(2,3)29-20(28)26-10-8-25(9-11-26)17-6-4-15(5-7-17)16-12-23-19-18(22)13-24-27(19)14-16/h6-14,19-21H,5,15-18H2,1-4H3;4-7,12-14H,8-11H2,1-3H3. The van der Waals surface area contributed by atoms with Crippen molar-refractivity contribution in [3.8, 4) is 33.4 Å². The minimum absolute atomic E-state index is 0.236. The number of piperazine rings is 2. The van der Waals surface area contributed by atoms with Crippen molar-refractivity contribution < 1.29 is 28.6 Å². The fourth-order valence-corrected chi connectivity index (χ4v) is 9.05. The summed E-state index contributed by atoms with van der Waals surface area (Å²) in [4.78, 5) is 59.0. The first kappa shape index (κ1) is 49.4. The van der Waals surface area contributed by atoms with E-state index in [1.807, 2.05) is 84.5 Å². The van der Waals surface area contributed by atoms with Crippen molar-refractivity contribution in [3.05, 3.63) is 126 Å². The maximum atomic E-state index is 12.5. The number of anilines is 2. The van der Waals surface area contributed by atoms with Crippen LogP contribution in [0.4, 0.5) is 21.0 Å². The summed E-state index contributed by atoms with van der Waals surface area (Å²) in [6.45, 7) is 19.0. The van der Waals surface area contributed by atoms with Crippen molar-refractivity contribution >= 4 is 67.7 Å². The molecule has 0 radical (unpaired) electrons. The Balaban J connectivity index is 0.000000192. The first-order chi connectivity index (χ1) is 34.5. The predicted molar refractivity (Wildman–Crippen MR) is 281 cm³/mol. The lowest BCUT2D eigenvalue weighted by atomic mass is 10.0. The number of esters is 1. The van der Waals surface area contributed by atoms with Gasteiger partial charge in [-0.25, -0.2) is 33.4 Å². The Hall–Kier alpha value is -7.60. The molecule has 0 spiro atoms. The molecule has 10 rings (SSSR count). The van der Waals surface area contributed by atoms with Crippen LogP contribution < -0.4 is 9.80 Å². The first-order valence-corrected chi connectivity index (χ1v) is 24.9. The van der Waals surface area contributed by atoms with Gasteiger partial charge in [0.25, 0.3) is 0 Å². The van der Waals surface area contributed by atoms with E-state index in [-0.39, 0.29) is 12.2 Å². The van der Waals surface area contributed by atoms with E-state index in [4.69, 9.17) is 19.2 Å². The number of carbonyl (C=O) groups excluding carboxylic acids is 3. The van der Waals surface area contributed by atoms with Crippen molar-refractivity contribution in [1.29, 1.82) is 0 Å². The van der Waals surface area contributed by atoms with Gasteiger partial charge in [-0.2, -0.15) is 10.2 Å². The normalized spacial score (nSPS) is 14.3. The molecule has 8 aromatic rings. The van der Waals surface area contributed by atoms with Gasteiger partial charge in [0, 0.05) is 117 Å². The Morgan fingerprint density at radius 1 is 0.569 bits per heavy atom. The zero-order valence-corrected chi connectivity index (χ0v) is 43.2. The van der Waals surface area contributed by atoms with E-state index in [2.05, 4.69) is 94.4 Å². The summed E-state index contributed by atoms with van der Waals surface area (Å²) >= 11 is 3.44. The van der Waals surface area contributed by atoms with Gasteiger partial charge >= 0.3 is 18.2 Å². The summed E-state index contributed by atoms with van der Waals surface area (Å²) in [7, 11) is 0. The van der Waals surface area contributed by atoms with Crippen LogP contribution in [0, 0.1) is 0 Å². The molecule has 0 bridgehead atoms. The van der Waals surface area contributed by atoms with E-state index in [1.54, 1.807) is 50.4 Å². The Morgan fingerprint density at radius 3 is 1.58 bits per heavy atom. The molecule has 3 aromatic carbocycles. The van der Waals surface area contributed by atoms with Crippen LogP contribution in [0.1, 0.15) is 58.8 Å². The number of para-hydroxylation sites is 1. The first-order valence-electron chi connectivity index (χ1n) is 24.1. The number of aromatic nitrogens is 7. The number of benzene rings is 3. The zero-order valence-electron chi connectivity index (χ0n) is 41.6. The quantitative estimate of drug-likeness (QED) is 0.109. The molecule has 0 N–H and O–H groups in total. The number of nitrogens with zero attached hydrogens (tertiary/aromatic N) is 11. The summed E-state index contributed by atoms with van der Waals surface area (Å²) in [5, 5.41) is 9.73. The largest absolute Gasteiger partial charge is 0.462 e. The smallest absolute Gasteiger partial charge is 0.410 e. The lowest BCUT2D eigenvalue weighted by molar-refractivity contribution is 0.0230. The molecule has 372 valence electrons. The minimum Gasteiger partial charge on any atom is -0.462 e. The molecule has 18 heteroatoms. The van der Waals surface area contributed by atoms with Crippen molar-refractivity contribution in [2.75, 3.05) is 68.8 Å². The third-order valence-electron chi connectivity index (χ3n) is 12.2. The van der Waals surface area contributed by atoms with Crippen LogP contribution in [0.2, 0.25) is 0 Å². The van der Waals surface area contributed by atoms with E-state index >= 15 is 0 Å². The van der Waals surface area contributed by atoms with Crippen molar-refractivity contribution in [3.63, 3.8) is 0 Å². The lowest BCUT2D eigenvalue weighted by Crippen LogP contribution is -2.50. The van der Waals surface area contributed by atoms with E-state index < -0.39 is 17.2 Å². The van der Waals surface area contributed by atoms with Gasteiger partial charge in [0.2, 0.25) is 0 Å². The Kier molecular flexibility index (Phi) is 14.1. The van der Waals surface area contributed by atoms with Crippen LogP contribution in [-0.4, -0.2) is 132 Å². The molecular formula is C54H58BrN11O6. The molecule has 0 unspecified atom stereocenters. The summed E-state index contributed by atoms with van der Waals surface area (Å²) in [6, 6.07) is 24.2. The van der Waals surface area contributed by atoms with Gasteiger partial charge in [-0.15, -0.1) is 0 Å². The summed E-state index contributed by atoms with van der Waals surface area (Å²) in [6.07, 6.45) is 12.4. The van der Waals surface area contributed by atoms with Gasteiger partial charge < -0.3 is 33.8 Å². The van der Waals surface area contributed by atoms with Crippen LogP contribution in [0.5, 0.6) is 0 Å². The van der Waals surface area contributed by atoms with Crippen LogP contribution in [0.15, 0.2) is 121 Å².